The van der Waals surface area contributed by atoms with Crippen LogP contribution in [0.3, 0.4) is 0 Å². The Morgan fingerprint density at radius 3 is 2.33 bits per heavy atom. The number of aliphatic carboxylic acids is 1. The summed E-state index contributed by atoms with van der Waals surface area (Å²) in [5, 5.41) is 46.0. The molecular formula is C27H39N7O20P3S-5. The largest absolute Gasteiger partial charge is 0.790 e. The first kappa shape index (κ1) is 49.4. The van der Waals surface area contributed by atoms with Crippen molar-refractivity contribution >= 4 is 75.1 Å². The van der Waals surface area contributed by atoms with Gasteiger partial charge in [0.25, 0.3) is 15.6 Å². The zero-order chi connectivity index (χ0) is 43.9. The van der Waals surface area contributed by atoms with E-state index in [-0.39, 0.29) is 42.2 Å². The summed E-state index contributed by atoms with van der Waals surface area (Å²) in [5.74, 6) is -3.21. The summed E-state index contributed by atoms with van der Waals surface area (Å²) in [4.78, 5) is 107. The Labute approximate surface area is 332 Å². The van der Waals surface area contributed by atoms with Gasteiger partial charge in [0.2, 0.25) is 11.8 Å². The predicted molar refractivity (Wildman–Crippen MR) is 183 cm³/mol. The van der Waals surface area contributed by atoms with E-state index >= 15 is 0 Å². The number of hydrogen-bond donors (Lipinski definition) is 6. The smallest absolute Gasteiger partial charge is 0.274 e. The molecule has 0 radical (unpaired) electrons. The maximum absolute atomic E-state index is 12.5. The van der Waals surface area contributed by atoms with Crippen LogP contribution >= 0.6 is 35.2 Å². The minimum Gasteiger partial charge on any atom is -0.790 e. The number of nitrogens with one attached hydrogen (secondary N) is 2. The highest BCUT2D eigenvalue weighted by molar-refractivity contribution is 8.13. The second-order valence-electron chi connectivity index (χ2n) is 13.4. The number of nitrogens with two attached hydrogens (primary N) is 1. The molecule has 7 N–H and O–H groups in total. The van der Waals surface area contributed by atoms with Gasteiger partial charge in [0.15, 0.2) is 22.8 Å². The summed E-state index contributed by atoms with van der Waals surface area (Å²) in [5.41, 5.74) is 2.17. The van der Waals surface area contributed by atoms with Gasteiger partial charge in [-0.3, -0.25) is 28.1 Å². The van der Waals surface area contributed by atoms with Gasteiger partial charge >= 0.3 is 0 Å². The topological polar surface area (TPSA) is 435 Å². The number of ether oxygens (including phenoxy) is 1. The summed E-state index contributed by atoms with van der Waals surface area (Å²) in [6, 6.07) is 0. The molecule has 328 valence electrons. The molecule has 1 saturated heterocycles. The number of aliphatic hydroxyl groups is 3. The van der Waals surface area contributed by atoms with Crippen LogP contribution < -0.4 is 41.0 Å². The highest BCUT2D eigenvalue weighted by Crippen LogP contribution is 2.56. The Balaban J connectivity index is 1.47. The molecule has 0 aromatic carbocycles. The predicted octanol–water partition coefficient (Wildman–Crippen LogP) is -5.58. The van der Waals surface area contributed by atoms with Crippen LogP contribution in [0.25, 0.3) is 11.2 Å². The fraction of sp³-hybridized carbons (Fsp3) is 0.667. The number of carbonyl (C=O) groups is 4. The lowest BCUT2D eigenvalue weighted by atomic mass is 9.87. The average molecular weight is 907 g/mol. The van der Waals surface area contributed by atoms with Gasteiger partial charge in [-0.25, -0.2) is 19.3 Å². The van der Waals surface area contributed by atoms with Crippen LogP contribution in [0.1, 0.15) is 46.3 Å². The van der Waals surface area contributed by atoms with E-state index in [1.165, 1.54) is 0 Å². The maximum atomic E-state index is 12.5. The van der Waals surface area contributed by atoms with Crippen LogP contribution in [0.4, 0.5) is 5.82 Å². The Bertz CT molecular complexity index is 1950. The van der Waals surface area contributed by atoms with Crippen LogP contribution in [-0.4, -0.2) is 120 Å². The molecule has 0 aliphatic carbocycles. The molecule has 1 aliphatic heterocycles. The number of carboxylic acid groups (broad SMARTS) is 1. The zero-order valence-corrected chi connectivity index (χ0v) is 34.1. The molecule has 2 aromatic heterocycles. The number of phosphoric acid groups is 3. The van der Waals surface area contributed by atoms with Gasteiger partial charge in [-0.2, -0.15) is 0 Å². The van der Waals surface area contributed by atoms with E-state index < -0.39 is 114 Å². The number of fused-ring (bicyclic) bond motifs is 1. The number of nitrogens with zero attached hydrogens (tertiary/aromatic N) is 4. The molecule has 0 saturated carbocycles. The Kier molecular flexibility index (Phi) is 17.0. The van der Waals surface area contributed by atoms with Crippen LogP contribution in [0.15, 0.2) is 12.7 Å². The van der Waals surface area contributed by atoms with E-state index in [1.807, 2.05) is 0 Å². The minimum atomic E-state index is -5.95. The molecule has 8 unspecified atom stereocenters. The quantitative estimate of drug-likeness (QED) is 0.0447. The minimum absolute atomic E-state index is 0.00721. The van der Waals surface area contributed by atoms with E-state index in [2.05, 4.69) is 43.5 Å². The Morgan fingerprint density at radius 2 is 1.69 bits per heavy atom. The summed E-state index contributed by atoms with van der Waals surface area (Å²) in [7, 11) is -17.7. The molecule has 3 rings (SSSR count). The van der Waals surface area contributed by atoms with Gasteiger partial charge in [0.05, 0.1) is 33.0 Å². The van der Waals surface area contributed by atoms with E-state index in [9.17, 15) is 72.9 Å². The Morgan fingerprint density at radius 1 is 1.03 bits per heavy atom. The first-order chi connectivity index (χ1) is 26.6. The molecule has 0 bridgehead atoms. The number of hydrogen-bond acceptors (Lipinski definition) is 25. The van der Waals surface area contributed by atoms with E-state index in [0.29, 0.717) is 0 Å². The van der Waals surface area contributed by atoms with Crippen molar-refractivity contribution in [1.82, 2.24) is 30.2 Å². The number of carboxylic acids is 1. The number of imidazole rings is 1. The number of nitrogen functional groups attached to an aromatic ring is 1. The van der Waals surface area contributed by atoms with Crippen molar-refractivity contribution in [2.45, 2.75) is 76.3 Å². The maximum Gasteiger partial charge on any atom is 0.274 e. The van der Waals surface area contributed by atoms with Crippen LogP contribution in [-0.2, 0) is 55.5 Å². The first-order valence-corrected chi connectivity index (χ1v) is 21.9. The van der Waals surface area contributed by atoms with E-state index in [0.717, 1.165) is 49.8 Å². The highest BCUT2D eigenvalue weighted by atomic mass is 32.2. The fourth-order valence-corrected chi connectivity index (χ4v) is 8.59. The van der Waals surface area contributed by atoms with Crippen molar-refractivity contribution in [2.24, 2.45) is 5.41 Å². The first-order valence-electron chi connectivity index (χ1n) is 16.5. The van der Waals surface area contributed by atoms with Crippen LogP contribution in [0.5, 0.6) is 0 Å². The second kappa shape index (κ2) is 20.0. The Hall–Kier alpha value is -3.01. The van der Waals surface area contributed by atoms with Crippen molar-refractivity contribution in [2.75, 3.05) is 37.8 Å². The summed E-state index contributed by atoms with van der Waals surface area (Å²) in [6.45, 7) is 0.813. The molecule has 3 heterocycles. The van der Waals surface area contributed by atoms with Crippen LogP contribution in [0.2, 0.25) is 0 Å². The highest BCUT2D eigenvalue weighted by Gasteiger charge is 2.47. The van der Waals surface area contributed by atoms with Gasteiger partial charge in [-0.1, -0.05) is 25.6 Å². The summed E-state index contributed by atoms with van der Waals surface area (Å²) in [6.07, 6.45) is -9.08. The van der Waals surface area contributed by atoms with Crippen molar-refractivity contribution in [1.29, 1.82) is 0 Å². The lowest BCUT2D eigenvalue weighted by Gasteiger charge is -2.36. The normalized spacial score (nSPS) is 22.4. The summed E-state index contributed by atoms with van der Waals surface area (Å²) < 4.78 is 60.3. The third-order valence-electron chi connectivity index (χ3n) is 7.79. The molecule has 0 spiro atoms. The fourth-order valence-electron chi connectivity index (χ4n) is 5.01. The second-order valence-corrected chi connectivity index (χ2v) is 18.6. The third kappa shape index (κ3) is 15.2. The number of aliphatic hydroxyl groups excluding tert-OH is 2. The number of anilines is 1. The molecule has 2 amide bonds. The monoisotopic (exact) mass is 906 g/mol. The summed E-state index contributed by atoms with van der Waals surface area (Å²) >= 11 is 0.739. The van der Waals surface area contributed by atoms with Gasteiger partial charge in [0, 0.05) is 49.5 Å². The molecule has 8 atom stereocenters. The number of thioether (sulfide) groups is 1. The van der Waals surface area contributed by atoms with Crippen molar-refractivity contribution in [3.05, 3.63) is 12.7 Å². The molecule has 27 nitrogen and oxygen atoms in total. The van der Waals surface area contributed by atoms with Crippen molar-refractivity contribution in [3.63, 3.8) is 0 Å². The van der Waals surface area contributed by atoms with Gasteiger partial charge in [0.1, 0.15) is 36.3 Å². The zero-order valence-electron chi connectivity index (χ0n) is 30.6. The third-order valence-corrected chi connectivity index (χ3v) is 11.7. The van der Waals surface area contributed by atoms with Gasteiger partial charge in [-0.05, 0) is 6.92 Å². The molecule has 31 heteroatoms. The van der Waals surface area contributed by atoms with E-state index in [1.54, 1.807) is 0 Å². The van der Waals surface area contributed by atoms with Gasteiger partial charge in [-0.15, -0.1) is 0 Å². The van der Waals surface area contributed by atoms with Gasteiger partial charge < -0.3 is 84.0 Å². The standard InChI is InChI=1S/C27H44N7O20P3S/c1-26(2,21(40)24(41)30-5-4-15(35)29-6-7-58-17(38)9-27(3,42)8-16(36)37)11-51-57(48,49)54-56(46,47)50-10-14-20(53-55(43,44)45)19(39)25(52-14)34-13-33-18-22(28)31-12-32-23(18)34/h12-14,19-21,25,39-40,42H,4-11H2,1-3H3,(H,29,35)(H,30,41)(H,36,37)(H,46,47)(H,48,49)(H2,28,31,32)(H2,43,44,45)/p-5. The molecular weight excluding hydrogens is 867 g/mol. The van der Waals surface area contributed by atoms with E-state index in [4.69, 9.17) is 10.5 Å². The molecule has 58 heavy (non-hydrogen) atoms. The average Bonchev–Trinajstić information content (AvgIpc) is 3.63. The lowest BCUT2D eigenvalue weighted by molar-refractivity contribution is -0.347. The SMILES string of the molecule is CC(O)(CC(=O)[O-])CC(=O)SCCNC(=O)CCNC(=O)C(O)C(C)(C)COP(=O)([O-])OP(=O)([O-])OCC1OC(n2cnc3c(N)ncnc32)C(O)C1OP(=O)([O-])[O-]. The number of rotatable bonds is 23. The van der Waals surface area contributed by atoms with Crippen molar-refractivity contribution < 1.29 is 95.5 Å². The number of carbonyl (C=O) groups excluding carboxylic acids is 4. The lowest BCUT2D eigenvalue weighted by Crippen LogP contribution is -2.46. The molecule has 2 aromatic rings. The molecule has 1 fully saturated rings. The number of phosphoric ester groups is 3. The number of amides is 2. The van der Waals surface area contributed by atoms with Crippen molar-refractivity contribution in [3.8, 4) is 0 Å². The molecule has 1 aliphatic rings. The van der Waals surface area contributed by atoms with Crippen LogP contribution in [0, 0.1) is 5.41 Å². The number of aromatic nitrogens is 4.